The van der Waals surface area contributed by atoms with Gasteiger partial charge < -0.3 is 14.8 Å². The number of benzene rings is 1. The van der Waals surface area contributed by atoms with Crippen LogP contribution in [0.5, 0.6) is 5.75 Å². The Hall–Kier alpha value is -1.64. The average Bonchev–Trinajstić information content (AvgIpc) is 3.41. The molecule has 1 aliphatic carbocycles. The Balaban J connectivity index is 1.58. The summed E-state index contributed by atoms with van der Waals surface area (Å²) in [7, 11) is -1.62. The number of methoxy groups -OCH3 is 1. The van der Waals surface area contributed by atoms with Crippen molar-refractivity contribution >= 4 is 15.9 Å². The van der Waals surface area contributed by atoms with Crippen LogP contribution in [0.2, 0.25) is 0 Å². The molecule has 2 aliphatic rings. The van der Waals surface area contributed by atoms with Crippen LogP contribution in [0.3, 0.4) is 0 Å². The van der Waals surface area contributed by atoms with Crippen LogP contribution >= 0.6 is 0 Å². The number of hydrogen-bond acceptors (Lipinski definition) is 5. The van der Waals surface area contributed by atoms with Crippen LogP contribution in [-0.2, 0) is 25.0 Å². The number of rotatable bonds is 6. The summed E-state index contributed by atoms with van der Waals surface area (Å²) < 4.78 is 35.4. The lowest BCUT2D eigenvalue weighted by Crippen LogP contribution is -2.50. The van der Waals surface area contributed by atoms with E-state index in [1.807, 2.05) is 24.3 Å². The van der Waals surface area contributed by atoms with Gasteiger partial charge in [-0.25, -0.2) is 8.42 Å². The maximum absolute atomic E-state index is 12.7. The number of nitrogens with zero attached hydrogens (tertiary/aromatic N) is 1. The molecule has 7 nitrogen and oxygen atoms in total. The minimum Gasteiger partial charge on any atom is -0.497 e. The van der Waals surface area contributed by atoms with E-state index < -0.39 is 15.4 Å². The van der Waals surface area contributed by atoms with E-state index in [0.717, 1.165) is 24.2 Å². The van der Waals surface area contributed by atoms with Crippen LogP contribution in [0.1, 0.15) is 18.4 Å². The van der Waals surface area contributed by atoms with Crippen molar-refractivity contribution in [3.63, 3.8) is 0 Å². The largest absolute Gasteiger partial charge is 0.497 e. The molecule has 1 aliphatic heterocycles. The molecule has 8 heteroatoms. The van der Waals surface area contributed by atoms with Crippen molar-refractivity contribution in [3.05, 3.63) is 29.8 Å². The molecule has 1 saturated carbocycles. The molecule has 1 N–H and O–H groups in total. The van der Waals surface area contributed by atoms with Crippen molar-refractivity contribution in [2.75, 3.05) is 39.6 Å². The van der Waals surface area contributed by atoms with Gasteiger partial charge in [-0.15, -0.1) is 0 Å². The van der Waals surface area contributed by atoms with Crippen LogP contribution in [0, 0.1) is 0 Å². The zero-order valence-corrected chi connectivity index (χ0v) is 15.3. The van der Waals surface area contributed by atoms with E-state index in [2.05, 4.69) is 5.32 Å². The van der Waals surface area contributed by atoms with Gasteiger partial charge in [0.2, 0.25) is 15.9 Å². The molecule has 1 saturated heterocycles. The van der Waals surface area contributed by atoms with E-state index in [0.29, 0.717) is 19.7 Å². The highest BCUT2D eigenvalue weighted by Gasteiger charge is 2.51. The molecule has 1 aromatic rings. The molecule has 25 heavy (non-hydrogen) atoms. The van der Waals surface area contributed by atoms with E-state index in [1.54, 1.807) is 7.11 Å². The van der Waals surface area contributed by atoms with Crippen molar-refractivity contribution < 1.29 is 22.7 Å². The van der Waals surface area contributed by atoms with Crippen LogP contribution < -0.4 is 10.1 Å². The first-order chi connectivity index (χ1) is 11.8. The summed E-state index contributed by atoms with van der Waals surface area (Å²) in [5, 5.41) is 2.94. The first-order valence-electron chi connectivity index (χ1n) is 8.35. The number of ether oxygens (including phenoxy) is 2. The lowest BCUT2D eigenvalue weighted by Gasteiger charge is -2.31. The van der Waals surface area contributed by atoms with Crippen molar-refractivity contribution in [2.45, 2.75) is 24.4 Å². The molecule has 0 radical (unpaired) electrons. The predicted molar refractivity (Wildman–Crippen MR) is 93.1 cm³/mol. The zero-order chi connectivity index (χ0) is 18.1. The lowest BCUT2D eigenvalue weighted by atomic mass is 9.95. The van der Waals surface area contributed by atoms with Crippen molar-refractivity contribution in [1.82, 2.24) is 9.62 Å². The van der Waals surface area contributed by atoms with Gasteiger partial charge in [-0.05, 0) is 30.5 Å². The fourth-order valence-electron chi connectivity index (χ4n) is 3.17. The minimum absolute atomic E-state index is 0.0299. The molecular weight excluding hydrogens is 344 g/mol. The molecule has 138 valence electrons. The number of carbonyl (C=O) groups is 1. The fraction of sp³-hybridized carbons (Fsp3) is 0.588. The first kappa shape index (κ1) is 18.2. The molecule has 0 spiro atoms. The smallest absolute Gasteiger partial charge is 0.230 e. The maximum Gasteiger partial charge on any atom is 0.230 e. The molecule has 2 fully saturated rings. The van der Waals surface area contributed by atoms with Gasteiger partial charge in [0.25, 0.3) is 0 Å². The van der Waals surface area contributed by atoms with Crippen molar-refractivity contribution in [3.8, 4) is 5.75 Å². The van der Waals surface area contributed by atoms with E-state index >= 15 is 0 Å². The molecule has 0 aromatic heterocycles. The van der Waals surface area contributed by atoms with Gasteiger partial charge in [0.1, 0.15) is 5.75 Å². The van der Waals surface area contributed by atoms with Gasteiger partial charge in [-0.3, -0.25) is 4.79 Å². The van der Waals surface area contributed by atoms with Crippen molar-refractivity contribution in [2.24, 2.45) is 0 Å². The molecule has 1 unspecified atom stereocenters. The molecule has 1 aromatic carbocycles. The average molecular weight is 368 g/mol. The highest BCUT2D eigenvalue weighted by Crippen LogP contribution is 2.48. The second-order valence-electron chi connectivity index (χ2n) is 6.63. The van der Waals surface area contributed by atoms with Gasteiger partial charge in [-0.1, -0.05) is 12.1 Å². The molecule has 1 heterocycles. The van der Waals surface area contributed by atoms with Crippen LogP contribution in [0.4, 0.5) is 0 Å². The molecule has 1 amide bonds. The third-order valence-electron chi connectivity index (χ3n) is 4.89. The lowest BCUT2D eigenvalue weighted by molar-refractivity contribution is -0.124. The number of morpholine rings is 1. The van der Waals surface area contributed by atoms with Crippen LogP contribution in [0.25, 0.3) is 0 Å². The Kier molecular flexibility index (Phi) is 5.04. The van der Waals surface area contributed by atoms with E-state index in [1.165, 1.54) is 10.6 Å². The summed E-state index contributed by atoms with van der Waals surface area (Å²) in [4.78, 5) is 12.7. The van der Waals surface area contributed by atoms with E-state index in [4.69, 9.17) is 9.47 Å². The Labute approximate surface area is 148 Å². The first-order valence-corrected chi connectivity index (χ1v) is 10.2. The number of amides is 1. The zero-order valence-electron chi connectivity index (χ0n) is 14.5. The molecule has 3 rings (SSSR count). The second kappa shape index (κ2) is 6.93. The SMILES string of the molecule is COc1ccc(C2(C(=O)NCC3CN(S(C)(=O)=O)CCO3)CC2)cc1. The Morgan fingerprint density at radius 2 is 2.04 bits per heavy atom. The third-order valence-corrected chi connectivity index (χ3v) is 6.16. The predicted octanol–water partition coefficient (Wildman–Crippen LogP) is 0.503. The van der Waals surface area contributed by atoms with E-state index in [9.17, 15) is 13.2 Å². The molecular formula is C17H24N2O5S. The Bertz CT molecular complexity index is 728. The maximum atomic E-state index is 12.7. The summed E-state index contributed by atoms with van der Waals surface area (Å²) in [5.41, 5.74) is 0.505. The minimum atomic E-state index is -3.23. The van der Waals surface area contributed by atoms with Gasteiger partial charge in [-0.2, -0.15) is 4.31 Å². The highest BCUT2D eigenvalue weighted by atomic mass is 32.2. The van der Waals surface area contributed by atoms with Gasteiger partial charge >= 0.3 is 0 Å². The summed E-state index contributed by atoms with van der Waals surface area (Å²) in [6.07, 6.45) is 2.49. The summed E-state index contributed by atoms with van der Waals surface area (Å²) in [6, 6.07) is 7.57. The quantitative estimate of drug-likeness (QED) is 0.791. The van der Waals surface area contributed by atoms with Crippen molar-refractivity contribution in [1.29, 1.82) is 0 Å². The number of sulfonamides is 1. The highest BCUT2D eigenvalue weighted by molar-refractivity contribution is 7.88. The third kappa shape index (κ3) is 3.96. The number of carbonyl (C=O) groups excluding carboxylic acids is 1. The normalized spacial score (nSPS) is 23.0. The van der Waals surface area contributed by atoms with Gasteiger partial charge in [0, 0.05) is 19.6 Å². The van der Waals surface area contributed by atoms with E-state index in [-0.39, 0.29) is 18.6 Å². The summed E-state index contributed by atoms with van der Waals surface area (Å²) in [5.74, 6) is 0.731. The number of nitrogens with one attached hydrogen (secondary N) is 1. The van der Waals surface area contributed by atoms with Crippen LogP contribution in [-0.4, -0.2) is 64.3 Å². The molecule has 1 atom stereocenters. The Morgan fingerprint density at radius 3 is 2.60 bits per heavy atom. The Morgan fingerprint density at radius 1 is 1.36 bits per heavy atom. The monoisotopic (exact) mass is 368 g/mol. The van der Waals surface area contributed by atoms with Crippen LogP contribution in [0.15, 0.2) is 24.3 Å². The fourth-order valence-corrected chi connectivity index (χ4v) is 4.02. The molecule has 0 bridgehead atoms. The standard InChI is InChI=1S/C17H24N2O5S/c1-23-14-5-3-13(4-6-14)17(7-8-17)16(20)18-11-15-12-19(9-10-24-15)25(2,21)22/h3-6,15H,7-12H2,1-2H3,(H,18,20). The van der Waals surface area contributed by atoms with Gasteiger partial charge in [0.05, 0.1) is 31.5 Å². The summed E-state index contributed by atoms with van der Waals surface area (Å²) >= 11 is 0. The topological polar surface area (TPSA) is 84.9 Å². The second-order valence-corrected chi connectivity index (χ2v) is 8.62. The van der Waals surface area contributed by atoms with Gasteiger partial charge in [0.15, 0.2) is 0 Å². The number of hydrogen-bond donors (Lipinski definition) is 1. The summed E-state index contributed by atoms with van der Waals surface area (Å²) in [6.45, 7) is 1.29.